The van der Waals surface area contributed by atoms with Crippen molar-refractivity contribution in [1.82, 2.24) is 0 Å². The highest BCUT2D eigenvalue weighted by Crippen LogP contribution is 2.54. The molecule has 1 aromatic rings. The van der Waals surface area contributed by atoms with Gasteiger partial charge in [-0.25, -0.2) is 0 Å². The van der Waals surface area contributed by atoms with Gasteiger partial charge in [0.05, 0.1) is 0 Å². The maximum Gasteiger partial charge on any atom is 0.170 e. The van der Waals surface area contributed by atoms with Crippen LogP contribution in [0.5, 0.6) is 0 Å². The Hall–Kier alpha value is -0.550. The van der Waals surface area contributed by atoms with Gasteiger partial charge in [-0.1, -0.05) is 18.2 Å². The van der Waals surface area contributed by atoms with Crippen LogP contribution in [0.4, 0.5) is 0 Å². The number of thioether (sulfide) groups is 1. The number of rotatable bonds is 5. The molecule has 0 atom stereocenters. The topological polar surface area (TPSA) is 44.5 Å². The number of nitrogens with two attached hydrogens (primary N) is 1. The number of benzene rings is 1. The Labute approximate surface area is 113 Å². The molecule has 0 aliphatic heterocycles. The number of ether oxygens (including phenoxy) is 2. The zero-order valence-corrected chi connectivity index (χ0v) is 12.0. The molecule has 18 heavy (non-hydrogen) atoms. The minimum Gasteiger partial charge on any atom is -0.353 e. The second-order valence-electron chi connectivity index (χ2n) is 4.93. The van der Waals surface area contributed by atoms with E-state index >= 15 is 0 Å². The third-order valence-electron chi connectivity index (χ3n) is 3.72. The van der Waals surface area contributed by atoms with Crippen molar-refractivity contribution < 1.29 is 9.47 Å². The van der Waals surface area contributed by atoms with Crippen molar-refractivity contribution in [2.45, 2.75) is 35.2 Å². The molecule has 0 saturated heterocycles. The van der Waals surface area contributed by atoms with E-state index in [1.807, 2.05) is 11.8 Å². The third kappa shape index (κ3) is 2.43. The normalized spacial score (nSPS) is 20.4. The van der Waals surface area contributed by atoms with Crippen molar-refractivity contribution in [3.63, 3.8) is 0 Å². The largest absolute Gasteiger partial charge is 0.353 e. The monoisotopic (exact) mass is 267 g/mol. The smallest absolute Gasteiger partial charge is 0.170 e. The van der Waals surface area contributed by atoms with Gasteiger partial charge in [-0.15, -0.1) is 11.8 Å². The zero-order chi connectivity index (χ0) is 13.2. The standard InChI is InChI=1S/C14H21NO2S/c1-11-6-4-5-7-12(11)18-13(10-15)8-14(9-13,16-2)17-3/h4-7H,8-10,15H2,1-3H3. The minimum atomic E-state index is -0.435. The minimum absolute atomic E-state index is 0.0398. The Morgan fingerprint density at radius 2 is 1.83 bits per heavy atom. The van der Waals surface area contributed by atoms with Crippen LogP contribution in [0.25, 0.3) is 0 Å². The van der Waals surface area contributed by atoms with Gasteiger partial charge in [0.1, 0.15) is 0 Å². The van der Waals surface area contributed by atoms with Crippen molar-refractivity contribution in [2.75, 3.05) is 20.8 Å². The first-order chi connectivity index (χ1) is 8.59. The third-order valence-corrected chi connectivity index (χ3v) is 5.29. The van der Waals surface area contributed by atoms with Crippen LogP contribution in [0.1, 0.15) is 18.4 Å². The average Bonchev–Trinajstić information content (AvgIpc) is 2.36. The Morgan fingerprint density at radius 3 is 2.33 bits per heavy atom. The highest BCUT2D eigenvalue weighted by molar-refractivity contribution is 8.00. The van der Waals surface area contributed by atoms with E-state index in [2.05, 4.69) is 31.2 Å². The molecule has 0 spiro atoms. The highest BCUT2D eigenvalue weighted by Gasteiger charge is 2.55. The fourth-order valence-electron chi connectivity index (χ4n) is 2.46. The predicted octanol–water partition coefficient (Wildman–Crippen LogP) is 2.57. The summed E-state index contributed by atoms with van der Waals surface area (Å²) in [5.41, 5.74) is 7.26. The first kappa shape index (κ1) is 13.9. The van der Waals surface area contributed by atoms with E-state index < -0.39 is 5.79 Å². The molecule has 100 valence electrons. The van der Waals surface area contributed by atoms with Gasteiger partial charge >= 0.3 is 0 Å². The molecule has 0 unspecified atom stereocenters. The molecule has 0 aromatic heterocycles. The molecule has 1 aromatic carbocycles. The molecular weight excluding hydrogens is 246 g/mol. The van der Waals surface area contributed by atoms with Crippen LogP contribution in [-0.4, -0.2) is 31.3 Å². The molecule has 0 heterocycles. The van der Waals surface area contributed by atoms with E-state index in [4.69, 9.17) is 15.2 Å². The van der Waals surface area contributed by atoms with Gasteiger partial charge in [0.15, 0.2) is 5.79 Å². The Kier molecular flexibility index (Phi) is 4.02. The van der Waals surface area contributed by atoms with Crippen molar-refractivity contribution in [3.8, 4) is 0 Å². The van der Waals surface area contributed by atoms with Gasteiger partial charge in [-0.05, 0) is 18.6 Å². The predicted molar refractivity (Wildman–Crippen MR) is 74.8 cm³/mol. The summed E-state index contributed by atoms with van der Waals surface area (Å²) in [4.78, 5) is 1.30. The van der Waals surface area contributed by atoms with E-state index in [0.29, 0.717) is 6.54 Å². The molecule has 0 bridgehead atoms. The van der Waals surface area contributed by atoms with Crippen molar-refractivity contribution >= 4 is 11.8 Å². The number of hydrogen-bond acceptors (Lipinski definition) is 4. The molecule has 0 radical (unpaired) electrons. The van der Waals surface area contributed by atoms with Crippen LogP contribution in [-0.2, 0) is 9.47 Å². The van der Waals surface area contributed by atoms with Crippen molar-refractivity contribution in [2.24, 2.45) is 5.73 Å². The second kappa shape index (κ2) is 5.21. The Morgan fingerprint density at radius 1 is 1.22 bits per heavy atom. The maximum absolute atomic E-state index is 5.97. The Balaban J connectivity index is 2.11. The van der Waals surface area contributed by atoms with Crippen LogP contribution in [0.3, 0.4) is 0 Å². The maximum atomic E-state index is 5.97. The summed E-state index contributed by atoms with van der Waals surface area (Å²) in [6, 6.07) is 8.41. The summed E-state index contributed by atoms with van der Waals surface area (Å²) in [6.45, 7) is 2.77. The lowest BCUT2D eigenvalue weighted by Gasteiger charge is -2.53. The zero-order valence-electron chi connectivity index (χ0n) is 11.2. The molecule has 0 amide bonds. The van der Waals surface area contributed by atoms with E-state index in [-0.39, 0.29) is 4.75 Å². The summed E-state index contributed by atoms with van der Waals surface area (Å²) in [7, 11) is 3.39. The van der Waals surface area contributed by atoms with Crippen LogP contribution >= 0.6 is 11.8 Å². The quantitative estimate of drug-likeness (QED) is 0.833. The summed E-state index contributed by atoms with van der Waals surface area (Å²) in [5.74, 6) is -0.435. The second-order valence-corrected chi connectivity index (χ2v) is 6.44. The van der Waals surface area contributed by atoms with Gasteiger partial charge in [0.25, 0.3) is 0 Å². The molecule has 1 fully saturated rings. The van der Waals surface area contributed by atoms with Crippen LogP contribution in [0.15, 0.2) is 29.2 Å². The molecule has 1 aliphatic rings. The summed E-state index contributed by atoms with van der Waals surface area (Å²) in [6.07, 6.45) is 1.67. The first-order valence-electron chi connectivity index (χ1n) is 6.14. The summed E-state index contributed by atoms with van der Waals surface area (Å²) in [5, 5.41) is 0. The van der Waals surface area contributed by atoms with Crippen LogP contribution < -0.4 is 5.73 Å². The van der Waals surface area contributed by atoms with Gasteiger partial charge in [-0.2, -0.15) is 0 Å². The van der Waals surface area contributed by atoms with E-state index in [1.54, 1.807) is 14.2 Å². The van der Waals surface area contributed by atoms with Gasteiger partial charge in [-0.3, -0.25) is 0 Å². The van der Waals surface area contributed by atoms with Gasteiger partial charge in [0, 0.05) is 43.2 Å². The first-order valence-corrected chi connectivity index (χ1v) is 6.95. The lowest BCUT2D eigenvalue weighted by Crippen LogP contribution is -2.60. The average molecular weight is 267 g/mol. The summed E-state index contributed by atoms with van der Waals surface area (Å²) >= 11 is 1.85. The highest BCUT2D eigenvalue weighted by atomic mass is 32.2. The van der Waals surface area contributed by atoms with E-state index in [1.165, 1.54) is 10.5 Å². The fourth-order valence-corrected chi connectivity index (χ4v) is 3.97. The molecule has 4 heteroatoms. The molecular formula is C14H21NO2S. The van der Waals surface area contributed by atoms with E-state index in [9.17, 15) is 0 Å². The fraction of sp³-hybridized carbons (Fsp3) is 0.571. The Bertz CT molecular complexity index is 410. The van der Waals surface area contributed by atoms with Crippen molar-refractivity contribution in [1.29, 1.82) is 0 Å². The summed E-state index contributed by atoms with van der Waals surface area (Å²) < 4.78 is 11.0. The molecule has 1 aliphatic carbocycles. The van der Waals surface area contributed by atoms with Crippen molar-refractivity contribution in [3.05, 3.63) is 29.8 Å². The molecule has 1 saturated carbocycles. The van der Waals surface area contributed by atoms with Gasteiger partial charge in [0.2, 0.25) is 0 Å². The number of aryl methyl sites for hydroxylation is 1. The van der Waals surface area contributed by atoms with Crippen LogP contribution in [0, 0.1) is 6.92 Å². The lowest BCUT2D eigenvalue weighted by atomic mass is 9.77. The molecule has 3 nitrogen and oxygen atoms in total. The SMILES string of the molecule is COC1(OC)CC(CN)(Sc2ccccc2C)C1. The van der Waals surface area contributed by atoms with Crippen LogP contribution in [0.2, 0.25) is 0 Å². The molecule has 2 N–H and O–H groups in total. The lowest BCUT2D eigenvalue weighted by molar-refractivity contribution is -0.260. The number of methoxy groups -OCH3 is 2. The molecule has 2 rings (SSSR count). The number of hydrogen-bond donors (Lipinski definition) is 1. The van der Waals surface area contributed by atoms with E-state index in [0.717, 1.165) is 12.8 Å². The van der Waals surface area contributed by atoms with Gasteiger partial charge < -0.3 is 15.2 Å².